The highest BCUT2D eigenvalue weighted by Gasteiger charge is 2.14. The van der Waals surface area contributed by atoms with E-state index >= 15 is 0 Å². The first kappa shape index (κ1) is 15.5. The lowest BCUT2D eigenvalue weighted by Crippen LogP contribution is -2.28. The topological polar surface area (TPSA) is 38.3 Å². The standard InChI is InChI=1S/C15H29NO2/c1-2-3-4-5-6-13-18-15(17)8-7-14-9-11-16-12-10-14/h14,16H,2-13H2,1H3. The molecule has 1 fully saturated rings. The molecule has 0 unspecified atom stereocenters. The summed E-state index contributed by atoms with van der Waals surface area (Å²) in [6, 6.07) is 0. The van der Waals surface area contributed by atoms with Crippen molar-refractivity contribution >= 4 is 5.97 Å². The van der Waals surface area contributed by atoms with Gasteiger partial charge in [-0.05, 0) is 44.7 Å². The zero-order valence-electron chi connectivity index (χ0n) is 11.9. The van der Waals surface area contributed by atoms with E-state index < -0.39 is 0 Å². The highest BCUT2D eigenvalue weighted by atomic mass is 16.5. The Morgan fingerprint density at radius 3 is 2.61 bits per heavy atom. The van der Waals surface area contributed by atoms with Crippen LogP contribution in [0, 0.1) is 5.92 Å². The molecule has 0 aliphatic carbocycles. The summed E-state index contributed by atoms with van der Waals surface area (Å²) in [5.41, 5.74) is 0. The number of piperidine rings is 1. The Bertz CT molecular complexity index is 213. The molecule has 1 saturated heterocycles. The van der Waals surface area contributed by atoms with E-state index in [1.165, 1.54) is 38.5 Å². The fourth-order valence-electron chi connectivity index (χ4n) is 2.46. The molecule has 1 aliphatic rings. The highest BCUT2D eigenvalue weighted by molar-refractivity contribution is 5.69. The number of unbranched alkanes of at least 4 members (excludes halogenated alkanes) is 4. The minimum absolute atomic E-state index is 0.00373. The maximum absolute atomic E-state index is 11.5. The van der Waals surface area contributed by atoms with Crippen LogP contribution in [0.4, 0.5) is 0 Å². The Hall–Kier alpha value is -0.570. The molecule has 3 nitrogen and oxygen atoms in total. The number of hydrogen-bond acceptors (Lipinski definition) is 3. The van der Waals surface area contributed by atoms with Crippen molar-refractivity contribution < 1.29 is 9.53 Å². The zero-order valence-corrected chi connectivity index (χ0v) is 11.9. The van der Waals surface area contributed by atoms with E-state index in [2.05, 4.69) is 12.2 Å². The number of rotatable bonds is 9. The monoisotopic (exact) mass is 255 g/mol. The Balaban J connectivity index is 1.90. The van der Waals surface area contributed by atoms with Gasteiger partial charge in [0.1, 0.15) is 0 Å². The van der Waals surface area contributed by atoms with Gasteiger partial charge in [0.05, 0.1) is 6.61 Å². The number of esters is 1. The second kappa shape index (κ2) is 10.4. The quantitative estimate of drug-likeness (QED) is 0.507. The molecule has 0 spiro atoms. The van der Waals surface area contributed by atoms with Gasteiger partial charge in [0.15, 0.2) is 0 Å². The Kier molecular flexibility index (Phi) is 8.92. The van der Waals surface area contributed by atoms with Crippen molar-refractivity contribution in [3.05, 3.63) is 0 Å². The van der Waals surface area contributed by atoms with E-state index in [4.69, 9.17) is 4.74 Å². The number of carbonyl (C=O) groups excluding carboxylic acids is 1. The molecule has 0 atom stereocenters. The van der Waals surface area contributed by atoms with E-state index in [1.54, 1.807) is 0 Å². The second-order valence-corrected chi connectivity index (χ2v) is 5.37. The van der Waals surface area contributed by atoms with E-state index in [0.717, 1.165) is 31.8 Å². The van der Waals surface area contributed by atoms with Crippen LogP contribution in [-0.2, 0) is 9.53 Å². The number of ether oxygens (including phenoxy) is 1. The molecule has 1 aliphatic heterocycles. The lowest BCUT2D eigenvalue weighted by Gasteiger charge is -2.21. The first-order valence-corrected chi connectivity index (χ1v) is 7.69. The van der Waals surface area contributed by atoms with Crippen molar-refractivity contribution in [1.82, 2.24) is 5.32 Å². The molecule has 1 heterocycles. The maximum atomic E-state index is 11.5. The summed E-state index contributed by atoms with van der Waals surface area (Å²) in [5, 5.41) is 3.34. The average molecular weight is 255 g/mol. The van der Waals surface area contributed by atoms with Gasteiger partial charge >= 0.3 is 5.97 Å². The van der Waals surface area contributed by atoms with Crippen molar-refractivity contribution in [3.63, 3.8) is 0 Å². The van der Waals surface area contributed by atoms with Crippen LogP contribution in [-0.4, -0.2) is 25.7 Å². The van der Waals surface area contributed by atoms with Crippen LogP contribution in [0.25, 0.3) is 0 Å². The molecule has 3 heteroatoms. The molecule has 106 valence electrons. The lowest BCUT2D eigenvalue weighted by atomic mass is 9.93. The van der Waals surface area contributed by atoms with Gasteiger partial charge in [0.25, 0.3) is 0 Å². The number of hydrogen-bond donors (Lipinski definition) is 1. The molecular weight excluding hydrogens is 226 g/mol. The maximum Gasteiger partial charge on any atom is 0.305 e. The molecule has 1 rings (SSSR count). The molecular formula is C15H29NO2. The van der Waals surface area contributed by atoms with Gasteiger partial charge in [-0.1, -0.05) is 32.6 Å². The van der Waals surface area contributed by atoms with Crippen LogP contribution in [0.3, 0.4) is 0 Å². The third kappa shape index (κ3) is 7.70. The van der Waals surface area contributed by atoms with Crippen LogP contribution in [0.2, 0.25) is 0 Å². The summed E-state index contributed by atoms with van der Waals surface area (Å²) >= 11 is 0. The Morgan fingerprint density at radius 2 is 1.89 bits per heavy atom. The van der Waals surface area contributed by atoms with Gasteiger partial charge in [0.2, 0.25) is 0 Å². The smallest absolute Gasteiger partial charge is 0.305 e. The van der Waals surface area contributed by atoms with Crippen molar-refractivity contribution in [1.29, 1.82) is 0 Å². The largest absolute Gasteiger partial charge is 0.466 e. The summed E-state index contributed by atoms with van der Waals surface area (Å²) in [7, 11) is 0. The van der Waals surface area contributed by atoms with Crippen molar-refractivity contribution in [3.8, 4) is 0 Å². The van der Waals surface area contributed by atoms with E-state index in [0.29, 0.717) is 13.0 Å². The Labute approximate surface area is 112 Å². The molecule has 1 N–H and O–H groups in total. The van der Waals surface area contributed by atoms with Crippen LogP contribution < -0.4 is 5.32 Å². The zero-order chi connectivity index (χ0) is 13.1. The van der Waals surface area contributed by atoms with Crippen LogP contribution in [0.1, 0.15) is 64.7 Å². The lowest BCUT2D eigenvalue weighted by molar-refractivity contribution is -0.144. The number of carbonyl (C=O) groups is 1. The van der Waals surface area contributed by atoms with Gasteiger partial charge < -0.3 is 10.1 Å². The minimum atomic E-state index is 0.00373. The molecule has 0 saturated carbocycles. The fourth-order valence-corrected chi connectivity index (χ4v) is 2.46. The molecule has 0 amide bonds. The van der Waals surface area contributed by atoms with E-state index in [-0.39, 0.29) is 5.97 Å². The average Bonchev–Trinajstić information content (AvgIpc) is 2.41. The van der Waals surface area contributed by atoms with Crippen LogP contribution in [0.15, 0.2) is 0 Å². The summed E-state index contributed by atoms with van der Waals surface area (Å²) in [6.07, 6.45) is 10.1. The summed E-state index contributed by atoms with van der Waals surface area (Å²) in [6.45, 7) is 5.05. The summed E-state index contributed by atoms with van der Waals surface area (Å²) < 4.78 is 5.26. The van der Waals surface area contributed by atoms with Crippen LogP contribution >= 0.6 is 0 Å². The van der Waals surface area contributed by atoms with Gasteiger partial charge in [0, 0.05) is 6.42 Å². The normalized spacial score (nSPS) is 16.7. The third-order valence-electron chi connectivity index (χ3n) is 3.73. The fraction of sp³-hybridized carbons (Fsp3) is 0.933. The summed E-state index contributed by atoms with van der Waals surface area (Å²) in [5.74, 6) is 0.729. The molecule has 0 bridgehead atoms. The van der Waals surface area contributed by atoms with Crippen molar-refractivity contribution in [2.45, 2.75) is 64.7 Å². The van der Waals surface area contributed by atoms with Gasteiger partial charge in [-0.3, -0.25) is 4.79 Å². The highest BCUT2D eigenvalue weighted by Crippen LogP contribution is 2.17. The SMILES string of the molecule is CCCCCCCOC(=O)CCC1CCNCC1. The second-order valence-electron chi connectivity index (χ2n) is 5.37. The van der Waals surface area contributed by atoms with E-state index in [9.17, 15) is 4.79 Å². The number of nitrogens with one attached hydrogen (secondary N) is 1. The van der Waals surface area contributed by atoms with Crippen LogP contribution in [0.5, 0.6) is 0 Å². The Morgan fingerprint density at radius 1 is 1.17 bits per heavy atom. The molecule has 0 aromatic rings. The first-order chi connectivity index (χ1) is 8.83. The molecule has 0 radical (unpaired) electrons. The predicted octanol–water partition coefficient (Wildman–Crippen LogP) is 3.28. The van der Waals surface area contributed by atoms with Gasteiger partial charge in [-0.15, -0.1) is 0 Å². The molecule has 18 heavy (non-hydrogen) atoms. The predicted molar refractivity (Wildman–Crippen MR) is 74.5 cm³/mol. The molecule has 0 aromatic heterocycles. The van der Waals surface area contributed by atoms with Crippen molar-refractivity contribution in [2.75, 3.05) is 19.7 Å². The summed E-state index contributed by atoms with van der Waals surface area (Å²) in [4.78, 5) is 11.5. The van der Waals surface area contributed by atoms with Crippen molar-refractivity contribution in [2.24, 2.45) is 5.92 Å². The first-order valence-electron chi connectivity index (χ1n) is 7.69. The minimum Gasteiger partial charge on any atom is -0.466 e. The van der Waals surface area contributed by atoms with E-state index in [1.807, 2.05) is 0 Å². The molecule has 0 aromatic carbocycles. The van der Waals surface area contributed by atoms with Gasteiger partial charge in [-0.2, -0.15) is 0 Å². The van der Waals surface area contributed by atoms with Gasteiger partial charge in [-0.25, -0.2) is 0 Å². The third-order valence-corrected chi connectivity index (χ3v) is 3.73.